The molecule has 1 aromatic carbocycles. The van der Waals surface area contributed by atoms with Gasteiger partial charge in [0.25, 0.3) is 0 Å². The second-order valence-electron chi connectivity index (χ2n) is 4.78. The van der Waals surface area contributed by atoms with Crippen molar-refractivity contribution in [3.8, 4) is 11.6 Å². The fourth-order valence-electron chi connectivity index (χ4n) is 2.09. The van der Waals surface area contributed by atoms with E-state index in [1.807, 2.05) is 30.3 Å². The van der Waals surface area contributed by atoms with Crippen LogP contribution in [0, 0.1) is 0 Å². The molecule has 0 aliphatic carbocycles. The third-order valence-corrected chi connectivity index (χ3v) is 4.99. The molecule has 0 bridgehead atoms. The van der Waals surface area contributed by atoms with Gasteiger partial charge in [-0.25, -0.2) is 0 Å². The van der Waals surface area contributed by atoms with Gasteiger partial charge in [-0.3, -0.25) is 9.78 Å². The Morgan fingerprint density at radius 2 is 2.00 bits per heavy atom. The molecule has 2 N–H and O–H groups in total. The number of H-pyrrole nitrogens is 1. The summed E-state index contributed by atoms with van der Waals surface area (Å²) >= 11 is 2.77. The van der Waals surface area contributed by atoms with Gasteiger partial charge in [-0.15, -0.1) is 11.3 Å². The Labute approximate surface area is 135 Å². The number of thiazole rings is 1. The summed E-state index contributed by atoms with van der Waals surface area (Å²) < 4.78 is 5.72. The zero-order chi connectivity index (χ0) is 15.4. The van der Waals surface area contributed by atoms with Gasteiger partial charge in [-0.1, -0.05) is 29.5 Å². The minimum absolute atomic E-state index is 0.0359. The van der Waals surface area contributed by atoms with Crippen LogP contribution in [0.15, 0.2) is 46.6 Å². The maximum atomic E-state index is 11.2. The summed E-state index contributed by atoms with van der Waals surface area (Å²) in [7, 11) is 0. The third-order valence-electron chi connectivity index (χ3n) is 3.19. The summed E-state index contributed by atoms with van der Waals surface area (Å²) in [6, 6.07) is 11.9. The smallest absolute Gasteiger partial charge is 0.307 e. The van der Waals surface area contributed by atoms with Crippen LogP contribution in [-0.2, 0) is 12.8 Å². The number of aromatic amines is 1. The lowest BCUT2D eigenvalue weighted by Gasteiger charge is -2.06. The number of aromatic hydroxyl groups is 1. The lowest BCUT2D eigenvalue weighted by atomic mass is 10.1. The Morgan fingerprint density at radius 3 is 2.64 bits per heavy atom. The van der Waals surface area contributed by atoms with Crippen LogP contribution in [0.25, 0.3) is 0 Å². The van der Waals surface area contributed by atoms with Crippen molar-refractivity contribution in [3.63, 3.8) is 0 Å². The van der Waals surface area contributed by atoms with E-state index in [1.54, 1.807) is 11.3 Å². The highest BCUT2D eigenvalue weighted by molar-refractivity contribution is 7.10. The van der Waals surface area contributed by atoms with Gasteiger partial charge in [0.2, 0.25) is 5.88 Å². The highest BCUT2D eigenvalue weighted by Gasteiger charge is 2.07. The van der Waals surface area contributed by atoms with E-state index in [9.17, 15) is 9.90 Å². The minimum Gasteiger partial charge on any atom is -0.494 e. The molecular formula is C16H15NO3S2. The fraction of sp³-hybridized carbons (Fsp3) is 0.188. The van der Waals surface area contributed by atoms with E-state index < -0.39 is 0 Å². The first kappa shape index (κ1) is 14.9. The largest absolute Gasteiger partial charge is 0.494 e. The molecule has 0 atom stereocenters. The van der Waals surface area contributed by atoms with Crippen molar-refractivity contribution < 1.29 is 9.84 Å². The Bertz CT molecular complexity index is 773. The molecule has 0 aliphatic rings. The van der Waals surface area contributed by atoms with E-state index in [1.165, 1.54) is 4.88 Å². The molecule has 0 unspecified atom stereocenters. The van der Waals surface area contributed by atoms with Gasteiger partial charge in [0.15, 0.2) is 0 Å². The molecule has 114 valence electrons. The van der Waals surface area contributed by atoms with Crippen LogP contribution in [0.5, 0.6) is 11.6 Å². The summed E-state index contributed by atoms with van der Waals surface area (Å²) in [4.78, 5) is 15.3. The van der Waals surface area contributed by atoms with Crippen LogP contribution in [0.3, 0.4) is 0 Å². The van der Waals surface area contributed by atoms with Crippen molar-refractivity contribution in [3.05, 3.63) is 66.8 Å². The Balaban J connectivity index is 1.55. The van der Waals surface area contributed by atoms with Crippen LogP contribution in [0.1, 0.15) is 15.3 Å². The average molecular weight is 333 g/mol. The normalized spacial score (nSPS) is 10.7. The summed E-state index contributed by atoms with van der Waals surface area (Å²) in [5, 5.41) is 11.6. The SMILES string of the molecule is O=c1[nH]c(O)c(Cc2ccc(OCCc3cccs3)cc2)s1. The first-order valence-electron chi connectivity index (χ1n) is 6.86. The Kier molecular flexibility index (Phi) is 4.60. The molecule has 3 rings (SSSR count). The maximum Gasteiger partial charge on any atom is 0.307 e. The van der Waals surface area contributed by atoms with Gasteiger partial charge in [-0.05, 0) is 29.1 Å². The molecule has 0 saturated heterocycles. The zero-order valence-electron chi connectivity index (χ0n) is 11.7. The second-order valence-corrected chi connectivity index (χ2v) is 6.88. The van der Waals surface area contributed by atoms with E-state index in [0.717, 1.165) is 29.1 Å². The van der Waals surface area contributed by atoms with Crippen molar-refractivity contribution in [2.45, 2.75) is 12.8 Å². The Hall–Kier alpha value is -2.05. The van der Waals surface area contributed by atoms with E-state index in [4.69, 9.17) is 4.74 Å². The number of hydrogen-bond donors (Lipinski definition) is 2. The van der Waals surface area contributed by atoms with Gasteiger partial charge in [0.1, 0.15) is 5.75 Å². The van der Waals surface area contributed by atoms with Crippen LogP contribution in [-0.4, -0.2) is 16.7 Å². The molecule has 4 nitrogen and oxygen atoms in total. The Morgan fingerprint density at radius 1 is 1.18 bits per heavy atom. The topological polar surface area (TPSA) is 62.3 Å². The maximum absolute atomic E-state index is 11.2. The van der Waals surface area contributed by atoms with Crippen LogP contribution >= 0.6 is 22.7 Å². The highest BCUT2D eigenvalue weighted by Crippen LogP contribution is 2.22. The summed E-state index contributed by atoms with van der Waals surface area (Å²) in [6.45, 7) is 0.653. The molecule has 6 heteroatoms. The molecular weight excluding hydrogens is 318 g/mol. The van der Waals surface area contributed by atoms with Gasteiger partial charge in [-0.2, -0.15) is 0 Å². The summed E-state index contributed by atoms with van der Waals surface area (Å²) in [5.41, 5.74) is 1.02. The number of rotatable bonds is 6. The number of thiophene rings is 1. The number of hydrogen-bond acceptors (Lipinski definition) is 5. The fourth-order valence-corrected chi connectivity index (χ4v) is 3.53. The van der Waals surface area contributed by atoms with E-state index in [-0.39, 0.29) is 10.8 Å². The first-order valence-corrected chi connectivity index (χ1v) is 8.55. The van der Waals surface area contributed by atoms with Gasteiger partial charge < -0.3 is 9.84 Å². The summed E-state index contributed by atoms with van der Waals surface area (Å²) in [6.07, 6.45) is 1.44. The van der Waals surface area contributed by atoms with E-state index in [0.29, 0.717) is 17.9 Å². The predicted octanol–water partition coefficient (Wildman–Crippen LogP) is 3.42. The standard InChI is InChI=1S/C16H15NO3S2/c18-15-14(22-16(19)17-15)10-11-3-5-12(6-4-11)20-8-7-13-2-1-9-21-13/h1-6,9,18H,7-8,10H2,(H,17,19). The highest BCUT2D eigenvalue weighted by atomic mass is 32.1. The van der Waals surface area contributed by atoms with Gasteiger partial charge >= 0.3 is 4.87 Å². The van der Waals surface area contributed by atoms with Crippen LogP contribution < -0.4 is 9.61 Å². The molecule has 2 heterocycles. The molecule has 22 heavy (non-hydrogen) atoms. The molecule has 0 radical (unpaired) electrons. The molecule has 0 spiro atoms. The van der Waals surface area contributed by atoms with Gasteiger partial charge in [0.05, 0.1) is 11.5 Å². The van der Waals surface area contributed by atoms with Crippen molar-refractivity contribution >= 4 is 22.7 Å². The monoisotopic (exact) mass is 333 g/mol. The quantitative estimate of drug-likeness (QED) is 0.726. The molecule has 0 saturated carbocycles. The minimum atomic E-state index is -0.235. The zero-order valence-corrected chi connectivity index (χ0v) is 13.4. The second kappa shape index (κ2) is 6.81. The number of nitrogens with one attached hydrogen (secondary N) is 1. The molecule has 0 amide bonds. The summed E-state index contributed by atoms with van der Waals surface area (Å²) in [5.74, 6) is 0.790. The molecule has 0 fully saturated rings. The third kappa shape index (κ3) is 3.78. The van der Waals surface area contributed by atoms with Gasteiger partial charge in [0, 0.05) is 17.7 Å². The number of aromatic nitrogens is 1. The average Bonchev–Trinajstić information content (AvgIpc) is 3.11. The van der Waals surface area contributed by atoms with Crippen molar-refractivity contribution in [2.75, 3.05) is 6.61 Å². The van der Waals surface area contributed by atoms with Crippen molar-refractivity contribution in [1.29, 1.82) is 0 Å². The molecule has 2 aromatic heterocycles. The number of ether oxygens (including phenoxy) is 1. The van der Waals surface area contributed by atoms with Crippen LogP contribution in [0.4, 0.5) is 0 Å². The lowest BCUT2D eigenvalue weighted by Crippen LogP contribution is -2.00. The van der Waals surface area contributed by atoms with Crippen LogP contribution in [0.2, 0.25) is 0 Å². The van der Waals surface area contributed by atoms with E-state index in [2.05, 4.69) is 16.4 Å². The predicted molar refractivity (Wildman–Crippen MR) is 89.4 cm³/mol. The first-order chi connectivity index (χ1) is 10.7. The van der Waals surface area contributed by atoms with E-state index >= 15 is 0 Å². The molecule has 3 aromatic rings. The lowest BCUT2D eigenvalue weighted by molar-refractivity contribution is 0.323. The molecule has 0 aliphatic heterocycles. The van der Waals surface area contributed by atoms with Crippen molar-refractivity contribution in [2.24, 2.45) is 0 Å². The number of benzene rings is 1. The van der Waals surface area contributed by atoms with Crippen molar-refractivity contribution in [1.82, 2.24) is 4.98 Å².